The van der Waals surface area contributed by atoms with Crippen molar-refractivity contribution < 1.29 is 0 Å². The van der Waals surface area contributed by atoms with Gasteiger partial charge in [-0.05, 0) is 11.6 Å². The molecule has 0 atom stereocenters. The lowest BCUT2D eigenvalue weighted by molar-refractivity contribution is 0.733. The highest BCUT2D eigenvalue weighted by atomic mass is 35.5. The number of hydrogen-bond acceptors (Lipinski definition) is 4. The van der Waals surface area contributed by atoms with Crippen LogP contribution in [0.4, 0.5) is 0 Å². The number of nitrogens with zero attached hydrogens (tertiary/aromatic N) is 4. The van der Waals surface area contributed by atoms with Gasteiger partial charge in [-0.25, -0.2) is 4.68 Å². The third-order valence-electron chi connectivity index (χ3n) is 1.44. The molecule has 2 heterocycles. The molecule has 2 rings (SSSR count). The first-order valence-corrected chi connectivity index (χ1v) is 3.51. The van der Waals surface area contributed by atoms with E-state index in [4.69, 9.17) is 11.6 Å². The van der Waals surface area contributed by atoms with Gasteiger partial charge in [0.05, 0.1) is 0 Å². The molecule has 6 nitrogen and oxygen atoms in total. The number of aromatic amines is 1. The van der Waals surface area contributed by atoms with E-state index in [1.807, 2.05) is 0 Å². The van der Waals surface area contributed by atoms with Gasteiger partial charge in [-0.15, -0.1) is 5.10 Å². The molecule has 0 saturated carbocycles. The minimum atomic E-state index is -0.336. The molecule has 2 aromatic heterocycles. The number of H-pyrrole nitrogens is 1. The lowest BCUT2D eigenvalue weighted by Gasteiger charge is -1.89. The molecule has 0 spiro atoms. The second kappa shape index (κ2) is 2.28. The van der Waals surface area contributed by atoms with E-state index in [-0.39, 0.29) is 16.5 Å². The summed E-state index contributed by atoms with van der Waals surface area (Å²) in [5.74, 6) is 0. The number of aryl methyl sites for hydroxylation is 1. The van der Waals surface area contributed by atoms with Crippen LogP contribution in [0.2, 0.25) is 5.28 Å². The molecule has 0 amide bonds. The summed E-state index contributed by atoms with van der Waals surface area (Å²) >= 11 is 5.49. The Hall–Kier alpha value is -1.43. The van der Waals surface area contributed by atoms with Crippen molar-refractivity contribution in [2.24, 2.45) is 7.05 Å². The maximum atomic E-state index is 11.2. The molecule has 0 radical (unpaired) electrons. The number of aromatic nitrogens is 5. The maximum Gasteiger partial charge on any atom is 0.279 e. The minimum Gasteiger partial charge on any atom is -0.295 e. The van der Waals surface area contributed by atoms with Crippen LogP contribution in [0.3, 0.4) is 0 Å². The summed E-state index contributed by atoms with van der Waals surface area (Å²) in [5.41, 5.74) is 0.239. The predicted octanol–water partition coefficient (Wildman–Crippen LogP) is -0.295. The van der Waals surface area contributed by atoms with Crippen molar-refractivity contribution in [1.82, 2.24) is 25.0 Å². The number of fused-ring (bicyclic) bond motifs is 1. The zero-order valence-electron chi connectivity index (χ0n) is 6.08. The molecule has 0 fully saturated rings. The first-order chi connectivity index (χ1) is 5.68. The summed E-state index contributed by atoms with van der Waals surface area (Å²) < 4.78 is 1.34. The Balaban J connectivity index is 3.03. The highest BCUT2D eigenvalue weighted by Gasteiger charge is 2.07. The van der Waals surface area contributed by atoms with Crippen molar-refractivity contribution in [1.29, 1.82) is 0 Å². The quantitative estimate of drug-likeness (QED) is 0.572. The SMILES string of the molecule is Cn1nnc2nc(Cl)[nH]c(=O)c21. The lowest BCUT2D eigenvalue weighted by Crippen LogP contribution is -2.10. The average Bonchev–Trinajstić information content (AvgIpc) is 2.31. The van der Waals surface area contributed by atoms with Crippen molar-refractivity contribution in [2.45, 2.75) is 0 Å². The highest BCUT2D eigenvalue weighted by Crippen LogP contribution is 2.03. The van der Waals surface area contributed by atoms with Crippen LogP contribution in [-0.2, 0) is 7.05 Å². The van der Waals surface area contributed by atoms with Gasteiger partial charge in [-0.2, -0.15) is 4.98 Å². The van der Waals surface area contributed by atoms with Crippen LogP contribution in [0.25, 0.3) is 11.2 Å². The Bertz CT molecular complexity index is 486. The van der Waals surface area contributed by atoms with E-state index >= 15 is 0 Å². The molecule has 7 heteroatoms. The zero-order chi connectivity index (χ0) is 8.72. The van der Waals surface area contributed by atoms with Crippen LogP contribution in [0.5, 0.6) is 0 Å². The molecule has 0 bridgehead atoms. The van der Waals surface area contributed by atoms with E-state index in [0.717, 1.165) is 0 Å². The first-order valence-electron chi connectivity index (χ1n) is 3.13. The fraction of sp³-hybridized carbons (Fsp3) is 0.200. The van der Waals surface area contributed by atoms with Gasteiger partial charge in [0.15, 0.2) is 5.52 Å². The summed E-state index contributed by atoms with van der Waals surface area (Å²) in [5, 5.41) is 7.28. The standard InChI is InChI=1S/C5H4ClN5O/c1-11-2-3(9-10-11)7-5(6)8-4(2)12/h1H3,(H,7,8,12). The van der Waals surface area contributed by atoms with Gasteiger partial charge in [0, 0.05) is 7.05 Å². The Labute approximate surface area is 71.2 Å². The van der Waals surface area contributed by atoms with E-state index in [0.29, 0.717) is 5.52 Å². The Kier molecular flexibility index (Phi) is 1.37. The van der Waals surface area contributed by atoms with Crippen LogP contribution in [0.15, 0.2) is 4.79 Å². The van der Waals surface area contributed by atoms with Gasteiger partial charge in [-0.3, -0.25) is 9.78 Å². The van der Waals surface area contributed by atoms with Crippen LogP contribution < -0.4 is 5.56 Å². The predicted molar refractivity (Wildman–Crippen MR) is 41.9 cm³/mol. The molecule has 0 aliphatic heterocycles. The van der Waals surface area contributed by atoms with Gasteiger partial charge in [0.1, 0.15) is 0 Å². The molecule has 0 aliphatic carbocycles. The van der Waals surface area contributed by atoms with Crippen LogP contribution in [0, 0.1) is 0 Å². The highest BCUT2D eigenvalue weighted by molar-refractivity contribution is 6.28. The average molecular weight is 186 g/mol. The van der Waals surface area contributed by atoms with Gasteiger partial charge in [-0.1, -0.05) is 5.21 Å². The largest absolute Gasteiger partial charge is 0.295 e. The van der Waals surface area contributed by atoms with E-state index in [1.54, 1.807) is 7.05 Å². The summed E-state index contributed by atoms with van der Waals surface area (Å²) in [4.78, 5) is 17.3. The molecule has 0 saturated heterocycles. The van der Waals surface area contributed by atoms with Gasteiger partial charge < -0.3 is 0 Å². The summed E-state index contributed by atoms with van der Waals surface area (Å²) in [6.45, 7) is 0. The number of hydrogen-bond donors (Lipinski definition) is 1. The molecule has 12 heavy (non-hydrogen) atoms. The maximum absolute atomic E-state index is 11.2. The van der Waals surface area contributed by atoms with Crippen molar-refractivity contribution in [3.8, 4) is 0 Å². The molecular weight excluding hydrogens is 182 g/mol. The van der Waals surface area contributed by atoms with Gasteiger partial charge in [0.2, 0.25) is 10.9 Å². The van der Waals surface area contributed by atoms with E-state index < -0.39 is 0 Å². The fourth-order valence-electron chi connectivity index (χ4n) is 0.944. The van der Waals surface area contributed by atoms with Crippen molar-refractivity contribution in [2.75, 3.05) is 0 Å². The summed E-state index contributed by atoms with van der Waals surface area (Å²) in [7, 11) is 1.61. The van der Waals surface area contributed by atoms with E-state index in [9.17, 15) is 4.79 Å². The van der Waals surface area contributed by atoms with Crippen molar-refractivity contribution in [3.05, 3.63) is 15.6 Å². The van der Waals surface area contributed by atoms with Crippen LogP contribution in [-0.4, -0.2) is 25.0 Å². The second-order valence-corrected chi connectivity index (χ2v) is 2.60. The summed E-state index contributed by atoms with van der Waals surface area (Å²) in [6, 6.07) is 0. The lowest BCUT2D eigenvalue weighted by atomic mass is 10.5. The number of nitrogens with one attached hydrogen (secondary N) is 1. The monoisotopic (exact) mass is 185 g/mol. The minimum absolute atomic E-state index is 0.0213. The molecular formula is C5H4ClN5O. The molecule has 0 aliphatic rings. The van der Waals surface area contributed by atoms with Gasteiger partial charge >= 0.3 is 0 Å². The molecule has 1 N–H and O–H groups in total. The summed E-state index contributed by atoms with van der Waals surface area (Å²) in [6.07, 6.45) is 0. The molecule has 2 aromatic rings. The van der Waals surface area contributed by atoms with E-state index in [2.05, 4.69) is 20.3 Å². The third kappa shape index (κ3) is 0.884. The van der Waals surface area contributed by atoms with Crippen molar-refractivity contribution >= 4 is 22.8 Å². The number of halogens is 1. The fourth-order valence-corrected chi connectivity index (χ4v) is 1.11. The Morgan fingerprint density at radius 3 is 3.08 bits per heavy atom. The Morgan fingerprint density at radius 2 is 2.33 bits per heavy atom. The topological polar surface area (TPSA) is 76.5 Å². The molecule has 0 unspecified atom stereocenters. The van der Waals surface area contributed by atoms with E-state index in [1.165, 1.54) is 4.68 Å². The van der Waals surface area contributed by atoms with Crippen molar-refractivity contribution in [3.63, 3.8) is 0 Å². The van der Waals surface area contributed by atoms with Crippen LogP contribution in [0.1, 0.15) is 0 Å². The normalized spacial score (nSPS) is 10.8. The van der Waals surface area contributed by atoms with Gasteiger partial charge in [0.25, 0.3) is 5.56 Å². The third-order valence-corrected chi connectivity index (χ3v) is 1.62. The Morgan fingerprint density at radius 1 is 1.58 bits per heavy atom. The molecule has 62 valence electrons. The number of rotatable bonds is 0. The first kappa shape index (κ1) is 7.23. The smallest absolute Gasteiger partial charge is 0.279 e. The zero-order valence-corrected chi connectivity index (χ0v) is 6.83. The second-order valence-electron chi connectivity index (χ2n) is 2.24. The molecule has 0 aromatic carbocycles. The van der Waals surface area contributed by atoms with Crippen LogP contribution >= 0.6 is 11.6 Å².